The molecule has 0 aromatic heterocycles. The lowest BCUT2D eigenvalue weighted by molar-refractivity contribution is -0.0242. The van der Waals surface area contributed by atoms with E-state index >= 15 is 0 Å². The number of methoxy groups -OCH3 is 1. The van der Waals surface area contributed by atoms with Crippen molar-refractivity contribution in [3.8, 4) is 11.5 Å². The summed E-state index contributed by atoms with van der Waals surface area (Å²) in [7, 11) is 3.72. The van der Waals surface area contributed by atoms with E-state index in [9.17, 15) is 10.2 Å². The minimum Gasteiger partial charge on any atom is -0.454 e. The van der Waals surface area contributed by atoms with Crippen molar-refractivity contribution in [1.82, 2.24) is 4.90 Å². The van der Waals surface area contributed by atoms with Gasteiger partial charge in [-0.15, -0.1) is 0 Å². The van der Waals surface area contributed by atoms with Crippen LogP contribution in [0, 0.1) is 0 Å². The van der Waals surface area contributed by atoms with E-state index < -0.39 is 6.10 Å². The third-order valence-electron chi connectivity index (χ3n) is 5.46. The molecule has 3 aliphatic rings. The molecule has 1 aliphatic carbocycles. The number of nitrogens with zero attached hydrogens (tertiary/aromatic N) is 1. The van der Waals surface area contributed by atoms with Crippen LogP contribution in [-0.2, 0) is 11.3 Å². The molecule has 2 aliphatic heterocycles. The van der Waals surface area contributed by atoms with Crippen molar-refractivity contribution in [3.05, 3.63) is 34.9 Å². The Morgan fingerprint density at radius 1 is 1.29 bits per heavy atom. The van der Waals surface area contributed by atoms with Gasteiger partial charge < -0.3 is 24.4 Å². The zero-order valence-electron chi connectivity index (χ0n) is 13.9. The summed E-state index contributed by atoms with van der Waals surface area (Å²) >= 11 is 0. The lowest BCUT2D eigenvalue weighted by atomic mass is 9.75. The standard InChI is InChI=1S/C18H23NO5/c1-19-4-3-10-5-13(21)18(22-2)16(17(10)19)12-7-15-14(23-9-24-15)6-11(12)8-20/h5-7,13,16-18,20-21H,3-4,8-9H2,1-2H3/t13-,16+,17-,18+/m1/s1. The van der Waals surface area contributed by atoms with Crippen LogP contribution in [0.25, 0.3) is 0 Å². The van der Waals surface area contributed by atoms with Gasteiger partial charge in [0.1, 0.15) is 0 Å². The number of rotatable bonds is 3. The van der Waals surface area contributed by atoms with Gasteiger partial charge in [-0.3, -0.25) is 4.90 Å². The van der Waals surface area contributed by atoms with Crippen LogP contribution in [-0.4, -0.2) is 60.9 Å². The number of aliphatic hydroxyl groups excluding tert-OH is 2. The molecule has 0 spiro atoms. The summed E-state index contributed by atoms with van der Waals surface area (Å²) in [5.41, 5.74) is 2.99. The van der Waals surface area contributed by atoms with E-state index in [0.717, 1.165) is 24.1 Å². The Hall–Kier alpha value is -1.60. The molecule has 0 bridgehead atoms. The predicted octanol–water partition coefficient (Wildman–Crippen LogP) is 1.01. The molecule has 0 amide bonds. The first-order valence-corrected chi connectivity index (χ1v) is 8.29. The van der Waals surface area contributed by atoms with Crippen molar-refractivity contribution < 1.29 is 24.4 Å². The zero-order valence-corrected chi connectivity index (χ0v) is 13.9. The number of ether oxygens (including phenoxy) is 3. The monoisotopic (exact) mass is 333 g/mol. The Morgan fingerprint density at radius 2 is 2.04 bits per heavy atom. The molecule has 130 valence electrons. The lowest BCUT2D eigenvalue weighted by Crippen LogP contribution is -2.47. The average molecular weight is 333 g/mol. The Balaban J connectivity index is 1.85. The van der Waals surface area contributed by atoms with Gasteiger partial charge in [-0.2, -0.15) is 0 Å². The Kier molecular flexibility index (Phi) is 4.00. The summed E-state index contributed by atoms with van der Waals surface area (Å²) in [6.45, 7) is 1.05. The maximum atomic E-state index is 10.6. The van der Waals surface area contributed by atoms with Gasteiger partial charge in [0.2, 0.25) is 6.79 Å². The van der Waals surface area contributed by atoms with Crippen LogP contribution in [0.2, 0.25) is 0 Å². The fourth-order valence-corrected chi connectivity index (χ4v) is 4.35. The van der Waals surface area contributed by atoms with Gasteiger partial charge in [-0.1, -0.05) is 11.6 Å². The van der Waals surface area contributed by atoms with Gasteiger partial charge in [0.15, 0.2) is 11.5 Å². The number of likely N-dealkylation sites (N-methyl/N-ethyl adjacent to an activating group) is 1. The highest BCUT2D eigenvalue weighted by Crippen LogP contribution is 2.46. The van der Waals surface area contributed by atoms with Crippen molar-refractivity contribution in [1.29, 1.82) is 0 Å². The zero-order chi connectivity index (χ0) is 16.8. The number of aliphatic hydroxyl groups is 2. The van der Waals surface area contributed by atoms with E-state index in [-0.39, 0.29) is 31.5 Å². The van der Waals surface area contributed by atoms with Crippen molar-refractivity contribution in [2.75, 3.05) is 27.5 Å². The number of hydrogen-bond acceptors (Lipinski definition) is 6. The van der Waals surface area contributed by atoms with Crippen molar-refractivity contribution in [2.24, 2.45) is 0 Å². The molecule has 24 heavy (non-hydrogen) atoms. The first kappa shape index (κ1) is 15.9. The van der Waals surface area contributed by atoms with Crippen LogP contribution < -0.4 is 9.47 Å². The smallest absolute Gasteiger partial charge is 0.231 e. The van der Waals surface area contributed by atoms with Crippen molar-refractivity contribution in [3.63, 3.8) is 0 Å². The highest BCUT2D eigenvalue weighted by molar-refractivity contribution is 5.51. The SMILES string of the molecule is CO[C@@H]1[C@@H](c2cc3c(cc2CO)OCO3)[C@H]2C(=C[C@H]1O)CCN2C. The van der Waals surface area contributed by atoms with Crippen LogP contribution in [0.4, 0.5) is 0 Å². The molecule has 2 heterocycles. The maximum absolute atomic E-state index is 10.6. The van der Waals surface area contributed by atoms with E-state index in [4.69, 9.17) is 14.2 Å². The fraction of sp³-hybridized carbons (Fsp3) is 0.556. The highest BCUT2D eigenvalue weighted by Gasteiger charge is 2.46. The van der Waals surface area contributed by atoms with Gasteiger partial charge in [-0.05, 0) is 36.7 Å². The summed E-state index contributed by atoms with van der Waals surface area (Å²) in [5, 5.41) is 20.4. The number of fused-ring (bicyclic) bond motifs is 2. The summed E-state index contributed by atoms with van der Waals surface area (Å²) in [6.07, 6.45) is 1.86. The molecule has 6 heteroatoms. The molecule has 4 atom stereocenters. The molecule has 1 fully saturated rings. The molecule has 0 saturated carbocycles. The summed E-state index contributed by atoms with van der Waals surface area (Å²) in [6, 6.07) is 3.93. The molecule has 1 aromatic carbocycles. The fourth-order valence-electron chi connectivity index (χ4n) is 4.35. The quantitative estimate of drug-likeness (QED) is 0.805. The largest absolute Gasteiger partial charge is 0.454 e. The second-order valence-electron chi connectivity index (χ2n) is 6.70. The molecule has 1 saturated heterocycles. The van der Waals surface area contributed by atoms with E-state index in [2.05, 4.69) is 11.9 Å². The third kappa shape index (κ3) is 2.33. The number of likely N-dealkylation sites (tertiary alicyclic amines) is 1. The second-order valence-corrected chi connectivity index (χ2v) is 6.70. The van der Waals surface area contributed by atoms with E-state index in [1.165, 1.54) is 5.57 Å². The minimum absolute atomic E-state index is 0.0749. The minimum atomic E-state index is -0.658. The molecule has 6 nitrogen and oxygen atoms in total. The topological polar surface area (TPSA) is 71.4 Å². The first-order chi connectivity index (χ1) is 11.6. The van der Waals surface area contributed by atoms with Gasteiger partial charge in [0.05, 0.1) is 18.8 Å². The van der Waals surface area contributed by atoms with Gasteiger partial charge >= 0.3 is 0 Å². The Bertz CT molecular complexity index is 674. The second kappa shape index (κ2) is 6.04. The molecule has 0 radical (unpaired) electrons. The van der Waals surface area contributed by atoms with Crippen molar-refractivity contribution >= 4 is 0 Å². The van der Waals surface area contributed by atoms with Crippen molar-refractivity contribution in [2.45, 2.75) is 37.2 Å². The van der Waals surface area contributed by atoms with Crippen LogP contribution >= 0.6 is 0 Å². The lowest BCUT2D eigenvalue weighted by Gasteiger charge is -2.41. The molecule has 1 aromatic rings. The molecular formula is C18H23NO5. The molecule has 4 rings (SSSR count). The van der Waals surface area contributed by atoms with Crippen LogP contribution in [0.15, 0.2) is 23.8 Å². The summed E-state index contributed by atoms with van der Waals surface area (Å²) in [4.78, 5) is 2.29. The summed E-state index contributed by atoms with van der Waals surface area (Å²) in [5.74, 6) is 1.26. The van der Waals surface area contributed by atoms with E-state index in [1.54, 1.807) is 7.11 Å². The van der Waals surface area contributed by atoms with Crippen LogP contribution in [0.1, 0.15) is 23.5 Å². The Labute approximate surface area is 141 Å². The van der Waals surface area contributed by atoms with Gasteiger partial charge in [-0.25, -0.2) is 0 Å². The number of hydrogen-bond donors (Lipinski definition) is 2. The van der Waals surface area contributed by atoms with Crippen LogP contribution in [0.5, 0.6) is 11.5 Å². The van der Waals surface area contributed by atoms with Gasteiger partial charge in [0, 0.05) is 25.6 Å². The third-order valence-corrected chi connectivity index (χ3v) is 5.46. The normalized spacial score (nSPS) is 31.9. The number of benzene rings is 1. The van der Waals surface area contributed by atoms with Gasteiger partial charge in [0.25, 0.3) is 0 Å². The molecular weight excluding hydrogens is 310 g/mol. The average Bonchev–Trinajstić information content (AvgIpc) is 3.18. The van der Waals surface area contributed by atoms with Crippen LogP contribution in [0.3, 0.4) is 0 Å². The molecule has 2 N–H and O–H groups in total. The predicted molar refractivity (Wildman–Crippen MR) is 87.2 cm³/mol. The summed E-state index contributed by atoms with van der Waals surface area (Å²) < 4.78 is 16.6. The molecule has 0 unspecified atom stereocenters. The highest BCUT2D eigenvalue weighted by atomic mass is 16.7. The Morgan fingerprint density at radius 3 is 2.75 bits per heavy atom. The first-order valence-electron chi connectivity index (χ1n) is 8.29. The van der Waals surface area contributed by atoms with E-state index in [0.29, 0.717) is 11.5 Å². The van der Waals surface area contributed by atoms with E-state index in [1.807, 2.05) is 18.2 Å². The maximum Gasteiger partial charge on any atom is 0.231 e.